The van der Waals surface area contributed by atoms with Gasteiger partial charge in [0.05, 0.1) is 32.5 Å². The van der Waals surface area contributed by atoms with E-state index in [0.29, 0.717) is 6.54 Å². The number of benzene rings is 1. The Morgan fingerprint density at radius 3 is 2.69 bits per heavy atom. The van der Waals surface area contributed by atoms with Crippen LogP contribution in [0.1, 0.15) is 33.9 Å². The van der Waals surface area contributed by atoms with Crippen LogP contribution >= 0.6 is 22.7 Å². The minimum atomic E-state index is 0.671. The third-order valence-electron chi connectivity index (χ3n) is 3.92. The molecule has 0 saturated carbocycles. The van der Waals surface area contributed by atoms with E-state index in [1.807, 2.05) is 19.9 Å². The average Bonchev–Trinajstić information content (AvgIpc) is 3.18. The van der Waals surface area contributed by atoms with Crippen LogP contribution in [0.3, 0.4) is 0 Å². The lowest BCUT2D eigenvalue weighted by Crippen LogP contribution is -2.37. The van der Waals surface area contributed by atoms with E-state index in [9.17, 15) is 0 Å². The summed E-state index contributed by atoms with van der Waals surface area (Å²) in [5.41, 5.74) is 2.19. The molecule has 0 atom stereocenters. The third-order valence-corrected chi connectivity index (χ3v) is 6.08. The first-order valence-corrected chi connectivity index (χ1v) is 10.6. The maximum atomic E-state index is 4.69. The second-order valence-corrected chi connectivity index (χ2v) is 8.45. The van der Waals surface area contributed by atoms with Gasteiger partial charge >= 0.3 is 0 Å². The van der Waals surface area contributed by atoms with Gasteiger partial charge in [0.25, 0.3) is 0 Å². The molecule has 2 N–H and O–H groups in total. The number of hydrogen-bond acceptors (Lipinski definition) is 5. The molecule has 0 aliphatic carbocycles. The molecule has 0 radical (unpaired) electrons. The number of nitrogens with one attached hydrogen (secondary N) is 2. The van der Waals surface area contributed by atoms with Crippen LogP contribution in [-0.4, -0.2) is 29.0 Å². The van der Waals surface area contributed by atoms with E-state index in [4.69, 9.17) is 4.98 Å². The van der Waals surface area contributed by atoms with Gasteiger partial charge in [0.1, 0.15) is 0 Å². The zero-order chi connectivity index (χ0) is 18.4. The molecule has 26 heavy (non-hydrogen) atoms. The normalized spacial score (nSPS) is 11.9. The van der Waals surface area contributed by atoms with Crippen molar-refractivity contribution in [1.29, 1.82) is 0 Å². The maximum absolute atomic E-state index is 4.69. The van der Waals surface area contributed by atoms with Crippen molar-refractivity contribution < 1.29 is 0 Å². The Labute approximate surface area is 162 Å². The first-order valence-electron chi connectivity index (χ1n) is 8.95. The van der Waals surface area contributed by atoms with Crippen molar-refractivity contribution in [2.24, 2.45) is 4.99 Å². The summed E-state index contributed by atoms with van der Waals surface area (Å²) in [5.74, 6) is 0.863. The van der Waals surface area contributed by atoms with Crippen LogP contribution in [0.2, 0.25) is 0 Å². The van der Waals surface area contributed by atoms with Crippen LogP contribution < -0.4 is 10.6 Å². The summed E-state index contributed by atoms with van der Waals surface area (Å²) in [7, 11) is 0. The van der Waals surface area contributed by atoms with Gasteiger partial charge in [0.2, 0.25) is 0 Å². The monoisotopic (exact) mass is 387 g/mol. The average molecular weight is 388 g/mol. The van der Waals surface area contributed by atoms with Crippen molar-refractivity contribution in [3.63, 3.8) is 0 Å². The van der Waals surface area contributed by atoms with Crippen molar-refractivity contribution >= 4 is 38.8 Å². The van der Waals surface area contributed by atoms with Crippen LogP contribution in [0.25, 0.3) is 10.2 Å². The molecular weight excluding hydrogens is 362 g/mol. The highest BCUT2D eigenvalue weighted by Gasteiger charge is 2.06. The SMILES string of the molecule is CCNC(=NCc1sc(C)nc1C)NCCCc1nc2ccccc2s1. The molecule has 0 bridgehead atoms. The lowest BCUT2D eigenvalue weighted by Gasteiger charge is -2.10. The molecule has 3 aromatic rings. The van der Waals surface area contributed by atoms with E-state index < -0.39 is 0 Å². The number of guanidine groups is 1. The Morgan fingerprint density at radius 1 is 1.12 bits per heavy atom. The molecule has 0 amide bonds. The Kier molecular flexibility index (Phi) is 6.57. The van der Waals surface area contributed by atoms with Crippen molar-refractivity contribution in [2.45, 2.75) is 40.2 Å². The van der Waals surface area contributed by atoms with Crippen LogP contribution in [0.5, 0.6) is 0 Å². The summed E-state index contributed by atoms with van der Waals surface area (Å²) in [6, 6.07) is 8.32. The molecule has 138 valence electrons. The molecule has 0 saturated heterocycles. The fraction of sp³-hybridized carbons (Fsp3) is 0.421. The lowest BCUT2D eigenvalue weighted by molar-refractivity contribution is 0.742. The van der Waals surface area contributed by atoms with Crippen LogP contribution in [0.15, 0.2) is 29.3 Å². The van der Waals surface area contributed by atoms with Gasteiger partial charge in [-0.15, -0.1) is 22.7 Å². The number of hydrogen-bond donors (Lipinski definition) is 2. The van der Waals surface area contributed by atoms with E-state index in [-0.39, 0.29) is 0 Å². The minimum absolute atomic E-state index is 0.671. The third kappa shape index (κ3) is 5.02. The number of thiazole rings is 2. The summed E-state index contributed by atoms with van der Waals surface area (Å²) in [5, 5.41) is 9.03. The summed E-state index contributed by atoms with van der Waals surface area (Å²) < 4.78 is 1.26. The Balaban J connectivity index is 1.50. The molecule has 1 aromatic carbocycles. The highest BCUT2D eigenvalue weighted by atomic mass is 32.1. The lowest BCUT2D eigenvalue weighted by atomic mass is 10.3. The predicted octanol–water partition coefficient (Wildman–Crippen LogP) is 4.06. The molecule has 0 aliphatic rings. The number of rotatable bonds is 7. The van der Waals surface area contributed by atoms with Crippen molar-refractivity contribution in [2.75, 3.05) is 13.1 Å². The van der Waals surface area contributed by atoms with E-state index >= 15 is 0 Å². The number of para-hydroxylation sites is 1. The highest BCUT2D eigenvalue weighted by Crippen LogP contribution is 2.22. The summed E-state index contributed by atoms with van der Waals surface area (Å²) in [4.78, 5) is 15.1. The topological polar surface area (TPSA) is 62.2 Å². The van der Waals surface area contributed by atoms with Gasteiger partial charge in [-0.3, -0.25) is 0 Å². The van der Waals surface area contributed by atoms with E-state index in [0.717, 1.165) is 48.1 Å². The van der Waals surface area contributed by atoms with Crippen molar-refractivity contribution in [1.82, 2.24) is 20.6 Å². The molecule has 5 nitrogen and oxygen atoms in total. The van der Waals surface area contributed by atoms with Crippen LogP contribution in [0.4, 0.5) is 0 Å². The van der Waals surface area contributed by atoms with Gasteiger partial charge in [-0.05, 0) is 39.3 Å². The molecule has 7 heteroatoms. The molecule has 3 rings (SSSR count). The first-order chi connectivity index (χ1) is 12.7. The van der Waals surface area contributed by atoms with Gasteiger partial charge in [-0.2, -0.15) is 0 Å². The van der Waals surface area contributed by atoms with E-state index in [1.54, 1.807) is 22.7 Å². The summed E-state index contributed by atoms with van der Waals surface area (Å²) in [6.07, 6.45) is 2.02. The fourth-order valence-electron chi connectivity index (χ4n) is 2.69. The second-order valence-electron chi connectivity index (χ2n) is 6.04. The van der Waals surface area contributed by atoms with Gasteiger partial charge < -0.3 is 10.6 Å². The van der Waals surface area contributed by atoms with Gasteiger partial charge in [-0.1, -0.05) is 12.1 Å². The van der Waals surface area contributed by atoms with Gasteiger partial charge in [0, 0.05) is 24.4 Å². The molecular formula is C19H25N5S2. The zero-order valence-corrected chi connectivity index (χ0v) is 17.1. The molecule has 2 heterocycles. The highest BCUT2D eigenvalue weighted by molar-refractivity contribution is 7.18. The molecule has 0 unspecified atom stereocenters. The second kappa shape index (κ2) is 9.09. The quantitative estimate of drug-likeness (QED) is 0.365. The number of fused-ring (bicyclic) bond motifs is 1. The Morgan fingerprint density at radius 2 is 1.96 bits per heavy atom. The number of aryl methyl sites for hydroxylation is 3. The summed E-state index contributed by atoms with van der Waals surface area (Å²) >= 11 is 3.51. The maximum Gasteiger partial charge on any atom is 0.191 e. The number of nitrogens with zero attached hydrogens (tertiary/aromatic N) is 3. The van der Waals surface area contributed by atoms with E-state index in [2.05, 4.69) is 45.7 Å². The van der Waals surface area contributed by atoms with Gasteiger partial charge in [-0.25, -0.2) is 15.0 Å². The standard InChI is InChI=1S/C19H25N5S2/c1-4-20-19(22-12-17-13(2)23-14(3)25-17)21-11-7-10-18-24-15-8-5-6-9-16(15)26-18/h5-6,8-9H,4,7,10-12H2,1-3H3,(H2,20,21,22). The van der Waals surface area contributed by atoms with Crippen molar-refractivity contribution in [3.05, 3.63) is 44.9 Å². The van der Waals surface area contributed by atoms with Gasteiger partial charge in [0.15, 0.2) is 5.96 Å². The smallest absolute Gasteiger partial charge is 0.191 e. The zero-order valence-electron chi connectivity index (χ0n) is 15.5. The molecule has 0 spiro atoms. The number of aromatic nitrogens is 2. The predicted molar refractivity (Wildman–Crippen MR) is 112 cm³/mol. The Hall–Kier alpha value is -1.99. The van der Waals surface area contributed by atoms with Crippen LogP contribution in [0, 0.1) is 13.8 Å². The summed E-state index contributed by atoms with van der Waals surface area (Å²) in [6.45, 7) is 8.57. The molecule has 0 fully saturated rings. The Bertz CT molecular complexity index is 848. The molecule has 2 aromatic heterocycles. The first kappa shape index (κ1) is 18.8. The largest absolute Gasteiger partial charge is 0.357 e. The number of aliphatic imine (C=N–C) groups is 1. The molecule has 0 aliphatic heterocycles. The van der Waals surface area contributed by atoms with Crippen LogP contribution in [-0.2, 0) is 13.0 Å². The fourth-order valence-corrected chi connectivity index (χ4v) is 4.56. The minimum Gasteiger partial charge on any atom is -0.357 e. The van der Waals surface area contributed by atoms with E-state index in [1.165, 1.54) is 14.6 Å². The van der Waals surface area contributed by atoms with Crippen molar-refractivity contribution in [3.8, 4) is 0 Å².